The molecule has 0 spiro atoms. The van der Waals surface area contributed by atoms with Crippen LogP contribution in [0.25, 0.3) is 0 Å². The van der Waals surface area contributed by atoms with E-state index in [-0.39, 0.29) is 11.9 Å². The zero-order valence-electron chi connectivity index (χ0n) is 12.6. The minimum atomic E-state index is 0.131. The minimum Gasteiger partial charge on any atom is -0.339 e. The van der Waals surface area contributed by atoms with Crippen molar-refractivity contribution in [1.82, 2.24) is 10.2 Å². The molecule has 1 amide bonds. The fourth-order valence-corrected chi connectivity index (χ4v) is 3.08. The maximum atomic E-state index is 12.5. The van der Waals surface area contributed by atoms with Gasteiger partial charge < -0.3 is 10.2 Å². The lowest BCUT2D eigenvalue weighted by Gasteiger charge is -2.26. The number of nitrogens with zero attached hydrogens (tertiary/aromatic N) is 1. The van der Waals surface area contributed by atoms with Crippen molar-refractivity contribution in [3.05, 3.63) is 34.9 Å². The second kappa shape index (κ2) is 7.14. The maximum Gasteiger partial charge on any atom is 0.253 e. The first-order chi connectivity index (χ1) is 9.63. The van der Waals surface area contributed by atoms with E-state index >= 15 is 0 Å². The summed E-state index contributed by atoms with van der Waals surface area (Å²) in [6.07, 6.45) is 4.20. The Morgan fingerprint density at radius 2 is 2.25 bits per heavy atom. The van der Waals surface area contributed by atoms with Gasteiger partial charge >= 0.3 is 0 Å². The van der Waals surface area contributed by atoms with Gasteiger partial charge in [0.1, 0.15) is 0 Å². The summed E-state index contributed by atoms with van der Waals surface area (Å²) in [4.78, 5) is 14.4. The number of benzene rings is 1. The quantitative estimate of drug-likeness (QED) is 0.905. The van der Waals surface area contributed by atoms with Crippen LogP contribution >= 0.6 is 11.8 Å². The Morgan fingerprint density at radius 3 is 3.00 bits per heavy atom. The highest BCUT2D eigenvalue weighted by molar-refractivity contribution is 7.98. The van der Waals surface area contributed by atoms with Gasteiger partial charge in [-0.3, -0.25) is 4.79 Å². The van der Waals surface area contributed by atoms with Crippen molar-refractivity contribution in [2.24, 2.45) is 0 Å². The average molecular weight is 292 g/mol. The number of carbonyl (C=O) groups excluding carboxylic acids is 1. The molecule has 3 nitrogen and oxygen atoms in total. The fraction of sp³-hybridized carbons (Fsp3) is 0.562. The summed E-state index contributed by atoms with van der Waals surface area (Å²) < 4.78 is 0. The van der Waals surface area contributed by atoms with Gasteiger partial charge in [0, 0.05) is 25.2 Å². The lowest BCUT2D eigenvalue weighted by molar-refractivity contribution is 0.0741. The zero-order chi connectivity index (χ0) is 14.5. The number of rotatable bonds is 5. The van der Waals surface area contributed by atoms with Crippen LogP contribution in [-0.4, -0.2) is 42.4 Å². The molecule has 1 aromatic rings. The number of amides is 1. The fourth-order valence-electron chi connectivity index (χ4n) is 2.50. The number of thioether (sulfide) groups is 1. The van der Waals surface area contributed by atoms with Gasteiger partial charge in [0.05, 0.1) is 0 Å². The van der Waals surface area contributed by atoms with Gasteiger partial charge in [-0.05, 0) is 61.6 Å². The third-order valence-electron chi connectivity index (χ3n) is 4.06. The first-order valence-corrected chi connectivity index (χ1v) is 8.61. The van der Waals surface area contributed by atoms with E-state index in [1.807, 2.05) is 29.8 Å². The molecule has 4 heteroatoms. The summed E-state index contributed by atoms with van der Waals surface area (Å²) in [5, 5.41) is 3.36. The van der Waals surface area contributed by atoms with E-state index in [9.17, 15) is 4.79 Å². The van der Waals surface area contributed by atoms with E-state index in [1.165, 1.54) is 11.1 Å². The number of hydrogen-bond donors (Lipinski definition) is 1. The van der Waals surface area contributed by atoms with Gasteiger partial charge in [0.15, 0.2) is 0 Å². The molecule has 20 heavy (non-hydrogen) atoms. The summed E-state index contributed by atoms with van der Waals surface area (Å²) in [7, 11) is 1.91. The second-order valence-electron chi connectivity index (χ2n) is 5.46. The average Bonchev–Trinajstić information content (AvgIpc) is 2.50. The van der Waals surface area contributed by atoms with Gasteiger partial charge in [-0.15, -0.1) is 0 Å². The Balaban J connectivity index is 2.08. The van der Waals surface area contributed by atoms with Crippen molar-refractivity contribution < 1.29 is 4.79 Å². The van der Waals surface area contributed by atoms with E-state index in [2.05, 4.69) is 30.6 Å². The summed E-state index contributed by atoms with van der Waals surface area (Å²) in [5.41, 5.74) is 3.46. The monoisotopic (exact) mass is 292 g/mol. The Bertz CT molecular complexity index is 476. The Morgan fingerprint density at radius 1 is 1.45 bits per heavy atom. The Kier molecular flexibility index (Phi) is 5.49. The Labute approximate surface area is 126 Å². The van der Waals surface area contributed by atoms with Crippen LogP contribution in [-0.2, 0) is 13.0 Å². The molecule has 1 aliphatic rings. The van der Waals surface area contributed by atoms with Crippen molar-refractivity contribution in [2.75, 3.05) is 25.6 Å². The van der Waals surface area contributed by atoms with Gasteiger partial charge in [0.25, 0.3) is 5.91 Å². The number of nitrogens with one attached hydrogen (secondary N) is 1. The number of carbonyl (C=O) groups is 1. The van der Waals surface area contributed by atoms with Crippen LogP contribution in [0.2, 0.25) is 0 Å². The first kappa shape index (κ1) is 15.4. The molecule has 0 aliphatic carbocycles. The van der Waals surface area contributed by atoms with E-state index in [0.29, 0.717) is 0 Å². The summed E-state index contributed by atoms with van der Waals surface area (Å²) in [5.74, 6) is 1.22. The molecule has 0 saturated carbocycles. The van der Waals surface area contributed by atoms with Crippen molar-refractivity contribution in [3.8, 4) is 0 Å². The molecule has 1 aromatic carbocycles. The maximum absolute atomic E-state index is 12.5. The normalized spacial score (nSPS) is 15.6. The summed E-state index contributed by atoms with van der Waals surface area (Å²) in [6, 6.07) is 6.43. The molecular weight excluding hydrogens is 268 g/mol. The minimum absolute atomic E-state index is 0.131. The van der Waals surface area contributed by atoms with E-state index in [4.69, 9.17) is 0 Å². The molecule has 0 saturated heterocycles. The van der Waals surface area contributed by atoms with Crippen LogP contribution in [0.3, 0.4) is 0 Å². The van der Waals surface area contributed by atoms with Crippen molar-refractivity contribution in [3.63, 3.8) is 0 Å². The third-order valence-corrected chi connectivity index (χ3v) is 4.70. The van der Waals surface area contributed by atoms with Crippen LogP contribution in [0.4, 0.5) is 0 Å². The number of hydrogen-bond acceptors (Lipinski definition) is 3. The molecular formula is C16H24N2OS. The molecule has 1 heterocycles. The lowest BCUT2D eigenvalue weighted by Crippen LogP contribution is -2.35. The van der Waals surface area contributed by atoms with Crippen molar-refractivity contribution in [2.45, 2.75) is 32.4 Å². The Hall–Kier alpha value is -1.00. The molecule has 110 valence electrons. The van der Waals surface area contributed by atoms with Crippen LogP contribution in [0, 0.1) is 0 Å². The molecule has 0 radical (unpaired) electrons. The molecule has 0 fully saturated rings. The van der Waals surface area contributed by atoms with Gasteiger partial charge in [-0.2, -0.15) is 11.8 Å². The standard InChI is InChI=1S/C16H24N2OS/c1-12(7-9-20-3)18(2)16(19)14-5-4-13-6-8-17-11-15(13)10-14/h4-5,10,12,17H,6-9,11H2,1-3H3. The van der Waals surface area contributed by atoms with E-state index in [1.54, 1.807) is 0 Å². The predicted octanol–water partition coefficient (Wildman–Crippen LogP) is 2.55. The molecule has 2 rings (SSSR count). The molecule has 1 atom stereocenters. The largest absolute Gasteiger partial charge is 0.339 e. The molecule has 0 aromatic heterocycles. The topological polar surface area (TPSA) is 32.3 Å². The predicted molar refractivity (Wildman–Crippen MR) is 86.4 cm³/mol. The lowest BCUT2D eigenvalue weighted by atomic mass is 9.98. The second-order valence-corrected chi connectivity index (χ2v) is 6.44. The highest BCUT2D eigenvalue weighted by atomic mass is 32.2. The third kappa shape index (κ3) is 3.55. The SMILES string of the molecule is CSCCC(C)N(C)C(=O)c1ccc2c(c1)CNCC2. The molecule has 0 bridgehead atoms. The number of fused-ring (bicyclic) bond motifs is 1. The first-order valence-electron chi connectivity index (χ1n) is 7.22. The zero-order valence-corrected chi connectivity index (χ0v) is 13.4. The highest BCUT2D eigenvalue weighted by Crippen LogP contribution is 2.18. The van der Waals surface area contributed by atoms with Crippen LogP contribution in [0.15, 0.2) is 18.2 Å². The van der Waals surface area contributed by atoms with Crippen molar-refractivity contribution in [1.29, 1.82) is 0 Å². The van der Waals surface area contributed by atoms with Gasteiger partial charge in [0.2, 0.25) is 0 Å². The molecule has 1 unspecified atom stereocenters. The van der Waals surface area contributed by atoms with E-state index < -0.39 is 0 Å². The summed E-state index contributed by atoms with van der Waals surface area (Å²) >= 11 is 1.83. The van der Waals surface area contributed by atoms with Crippen LogP contribution < -0.4 is 5.32 Å². The van der Waals surface area contributed by atoms with E-state index in [0.717, 1.165) is 37.2 Å². The molecule has 1 N–H and O–H groups in total. The highest BCUT2D eigenvalue weighted by Gasteiger charge is 2.19. The van der Waals surface area contributed by atoms with Crippen LogP contribution in [0.5, 0.6) is 0 Å². The van der Waals surface area contributed by atoms with Crippen LogP contribution in [0.1, 0.15) is 34.8 Å². The van der Waals surface area contributed by atoms with Crippen molar-refractivity contribution >= 4 is 17.7 Å². The molecule has 1 aliphatic heterocycles. The van der Waals surface area contributed by atoms with Gasteiger partial charge in [-0.1, -0.05) is 6.07 Å². The smallest absolute Gasteiger partial charge is 0.253 e. The summed E-state index contributed by atoms with van der Waals surface area (Å²) in [6.45, 7) is 4.03. The van der Waals surface area contributed by atoms with Gasteiger partial charge in [-0.25, -0.2) is 0 Å².